The maximum atomic E-state index is 13.4. The van der Waals surface area contributed by atoms with E-state index >= 15 is 0 Å². The van der Waals surface area contributed by atoms with Crippen LogP contribution in [0.4, 0.5) is 0 Å². The molecule has 1 aromatic heterocycles. The number of hydrogen-bond donors (Lipinski definition) is 0. The summed E-state index contributed by atoms with van der Waals surface area (Å²) in [4.78, 5) is 29.5. The molecule has 0 aliphatic carbocycles. The Morgan fingerprint density at radius 1 is 1.00 bits per heavy atom. The summed E-state index contributed by atoms with van der Waals surface area (Å²) in [5.74, 6) is 1.88. The van der Waals surface area contributed by atoms with Crippen molar-refractivity contribution in [2.24, 2.45) is 0 Å². The van der Waals surface area contributed by atoms with Gasteiger partial charge in [0, 0.05) is 26.6 Å². The number of hydrogen-bond acceptors (Lipinski definition) is 6. The van der Waals surface area contributed by atoms with Crippen molar-refractivity contribution in [3.8, 4) is 11.5 Å². The third-order valence-corrected chi connectivity index (χ3v) is 5.58. The van der Waals surface area contributed by atoms with Gasteiger partial charge in [-0.1, -0.05) is 32.3 Å². The topological polar surface area (TPSA) is 81.5 Å². The molecule has 2 aromatic rings. The second-order valence-electron chi connectivity index (χ2n) is 8.14. The summed E-state index contributed by atoms with van der Waals surface area (Å²) in [6.07, 6.45) is 6.10. The van der Waals surface area contributed by atoms with Gasteiger partial charge in [0.25, 0.3) is 0 Å². The molecule has 0 atom stereocenters. The Kier molecular flexibility index (Phi) is 9.62. The Labute approximate surface area is 195 Å². The van der Waals surface area contributed by atoms with E-state index in [0.29, 0.717) is 49.9 Å². The summed E-state index contributed by atoms with van der Waals surface area (Å²) in [5, 5.41) is 0. The van der Waals surface area contributed by atoms with E-state index in [1.165, 1.54) is 0 Å². The molecule has 0 unspecified atom stereocenters. The molecule has 2 amide bonds. The van der Waals surface area contributed by atoms with Crippen LogP contribution in [-0.2, 0) is 27.4 Å². The number of carbonyl (C=O) groups excluding carboxylic acids is 2. The van der Waals surface area contributed by atoms with E-state index in [0.717, 1.165) is 31.2 Å². The average molecular weight is 459 g/mol. The van der Waals surface area contributed by atoms with Crippen LogP contribution < -0.4 is 9.47 Å². The Morgan fingerprint density at radius 3 is 2.61 bits per heavy atom. The van der Waals surface area contributed by atoms with Gasteiger partial charge in [-0.15, -0.1) is 0 Å². The van der Waals surface area contributed by atoms with Crippen LogP contribution >= 0.6 is 0 Å². The first-order chi connectivity index (χ1) is 16.1. The molecule has 0 saturated carbocycles. The van der Waals surface area contributed by atoms with Gasteiger partial charge in [-0.3, -0.25) is 9.59 Å². The van der Waals surface area contributed by atoms with E-state index in [1.54, 1.807) is 29.2 Å². The fourth-order valence-electron chi connectivity index (χ4n) is 3.70. The summed E-state index contributed by atoms with van der Waals surface area (Å²) in [6.45, 7) is 3.77. The fourth-order valence-corrected chi connectivity index (χ4v) is 3.70. The van der Waals surface area contributed by atoms with E-state index in [-0.39, 0.29) is 25.2 Å². The predicted molar refractivity (Wildman–Crippen MR) is 123 cm³/mol. The summed E-state index contributed by atoms with van der Waals surface area (Å²) in [7, 11) is 1.59. The van der Waals surface area contributed by atoms with Crippen molar-refractivity contribution >= 4 is 11.8 Å². The van der Waals surface area contributed by atoms with Gasteiger partial charge in [-0.2, -0.15) is 0 Å². The Hall–Kier alpha value is -3.00. The van der Waals surface area contributed by atoms with Gasteiger partial charge in [0.05, 0.1) is 26.0 Å². The number of unbranched alkanes of at least 4 members (excludes halogenated alkanes) is 3. The van der Waals surface area contributed by atoms with Crippen molar-refractivity contribution in [3.63, 3.8) is 0 Å². The van der Waals surface area contributed by atoms with E-state index in [4.69, 9.17) is 18.6 Å². The summed E-state index contributed by atoms with van der Waals surface area (Å²) in [5.41, 5.74) is 0.911. The lowest BCUT2D eigenvalue weighted by Crippen LogP contribution is -2.43. The van der Waals surface area contributed by atoms with Crippen molar-refractivity contribution in [3.05, 3.63) is 47.9 Å². The van der Waals surface area contributed by atoms with Gasteiger partial charge >= 0.3 is 0 Å². The smallest absolute Gasteiger partial charge is 0.242 e. The molecular weight excluding hydrogens is 424 g/mol. The first kappa shape index (κ1) is 24.6. The van der Waals surface area contributed by atoms with Gasteiger partial charge in [-0.05, 0) is 36.2 Å². The van der Waals surface area contributed by atoms with Crippen LogP contribution in [-0.4, -0.2) is 55.2 Å². The van der Waals surface area contributed by atoms with Gasteiger partial charge in [0.2, 0.25) is 18.6 Å². The molecule has 0 spiro atoms. The highest BCUT2D eigenvalue weighted by molar-refractivity contribution is 5.84. The third kappa shape index (κ3) is 7.53. The van der Waals surface area contributed by atoms with E-state index in [2.05, 4.69) is 6.92 Å². The number of ether oxygens (including phenoxy) is 3. The highest BCUT2D eigenvalue weighted by Gasteiger charge is 2.23. The number of amides is 2. The second kappa shape index (κ2) is 12.9. The normalized spacial score (nSPS) is 12.1. The Bertz CT molecular complexity index is 883. The SMILES string of the molecule is CCCCCCC(=O)N(CCOC)CC(=O)N(Cc1ccc2c(c1)OCO2)Cc1ccco1. The monoisotopic (exact) mass is 458 g/mol. The molecule has 1 aliphatic heterocycles. The fraction of sp³-hybridized carbons (Fsp3) is 0.520. The molecule has 8 nitrogen and oxygen atoms in total. The molecule has 1 aliphatic rings. The first-order valence-electron chi connectivity index (χ1n) is 11.6. The van der Waals surface area contributed by atoms with Crippen LogP contribution in [0.2, 0.25) is 0 Å². The maximum absolute atomic E-state index is 13.4. The number of methoxy groups -OCH3 is 1. The lowest BCUT2D eigenvalue weighted by Gasteiger charge is -2.27. The zero-order chi connectivity index (χ0) is 23.5. The minimum atomic E-state index is -0.151. The number of benzene rings is 1. The molecular formula is C25H34N2O6. The van der Waals surface area contributed by atoms with E-state index in [1.807, 2.05) is 24.3 Å². The predicted octanol–water partition coefficient (Wildman–Crippen LogP) is 3.98. The summed E-state index contributed by atoms with van der Waals surface area (Å²) < 4.78 is 21.5. The minimum absolute atomic E-state index is 0.00122. The molecule has 3 rings (SSSR count). The van der Waals surface area contributed by atoms with Crippen LogP contribution in [0.3, 0.4) is 0 Å². The van der Waals surface area contributed by atoms with Crippen molar-refractivity contribution in [1.82, 2.24) is 9.80 Å². The number of fused-ring (bicyclic) bond motifs is 1. The molecule has 0 bridgehead atoms. The van der Waals surface area contributed by atoms with Crippen LogP contribution in [0.1, 0.15) is 50.4 Å². The highest BCUT2D eigenvalue weighted by atomic mass is 16.7. The number of furan rings is 1. The molecule has 8 heteroatoms. The first-order valence-corrected chi connectivity index (χ1v) is 11.6. The Balaban J connectivity index is 1.69. The average Bonchev–Trinajstić information content (AvgIpc) is 3.50. The van der Waals surface area contributed by atoms with Gasteiger partial charge < -0.3 is 28.4 Å². The zero-order valence-electron chi connectivity index (χ0n) is 19.6. The molecule has 1 aromatic carbocycles. The van der Waals surface area contributed by atoms with Crippen LogP contribution in [0.15, 0.2) is 41.0 Å². The van der Waals surface area contributed by atoms with E-state index < -0.39 is 0 Å². The molecule has 0 radical (unpaired) electrons. The largest absolute Gasteiger partial charge is 0.467 e. The van der Waals surface area contributed by atoms with Crippen molar-refractivity contribution in [2.75, 3.05) is 33.6 Å². The lowest BCUT2D eigenvalue weighted by molar-refractivity contribution is -0.142. The van der Waals surface area contributed by atoms with Crippen molar-refractivity contribution < 1.29 is 28.2 Å². The summed E-state index contributed by atoms with van der Waals surface area (Å²) in [6, 6.07) is 9.27. The third-order valence-electron chi connectivity index (χ3n) is 5.58. The molecule has 0 N–H and O–H groups in total. The zero-order valence-corrected chi connectivity index (χ0v) is 19.6. The quantitative estimate of drug-likeness (QED) is 0.398. The lowest BCUT2D eigenvalue weighted by atomic mass is 10.1. The van der Waals surface area contributed by atoms with Crippen LogP contribution in [0.25, 0.3) is 0 Å². The molecule has 180 valence electrons. The molecule has 0 fully saturated rings. The summed E-state index contributed by atoms with van der Waals surface area (Å²) >= 11 is 0. The highest BCUT2D eigenvalue weighted by Crippen LogP contribution is 2.33. The van der Waals surface area contributed by atoms with Gasteiger partial charge in [0.1, 0.15) is 5.76 Å². The number of nitrogens with zero attached hydrogens (tertiary/aromatic N) is 2. The minimum Gasteiger partial charge on any atom is -0.467 e. The second-order valence-corrected chi connectivity index (χ2v) is 8.14. The molecule has 2 heterocycles. The number of carbonyl (C=O) groups is 2. The van der Waals surface area contributed by atoms with Crippen molar-refractivity contribution in [1.29, 1.82) is 0 Å². The Morgan fingerprint density at radius 2 is 1.85 bits per heavy atom. The molecule has 33 heavy (non-hydrogen) atoms. The van der Waals surface area contributed by atoms with Crippen molar-refractivity contribution in [2.45, 2.75) is 52.1 Å². The standard InChI is InChI=1S/C25H34N2O6/c1-3-4-5-6-9-24(28)26(12-14-30-2)18-25(29)27(17-21-8-7-13-31-21)16-20-10-11-22-23(15-20)33-19-32-22/h7-8,10-11,13,15H,3-6,9,12,14,16-19H2,1-2H3. The van der Waals surface area contributed by atoms with Crippen LogP contribution in [0.5, 0.6) is 11.5 Å². The maximum Gasteiger partial charge on any atom is 0.242 e. The van der Waals surface area contributed by atoms with Gasteiger partial charge in [-0.25, -0.2) is 0 Å². The van der Waals surface area contributed by atoms with E-state index in [9.17, 15) is 9.59 Å². The van der Waals surface area contributed by atoms with Crippen LogP contribution in [0, 0.1) is 0 Å². The molecule has 0 saturated heterocycles. The van der Waals surface area contributed by atoms with Gasteiger partial charge in [0.15, 0.2) is 11.5 Å². The number of rotatable bonds is 14.